The van der Waals surface area contributed by atoms with Crippen LogP contribution >= 0.6 is 0 Å². The predicted molar refractivity (Wildman–Crippen MR) is 56.4 cm³/mol. The second kappa shape index (κ2) is 5.55. The third-order valence-corrected chi connectivity index (χ3v) is 2.21. The zero-order valence-corrected chi connectivity index (χ0v) is 8.69. The van der Waals surface area contributed by atoms with Gasteiger partial charge in [-0.05, 0) is 11.5 Å². The Morgan fingerprint density at radius 1 is 1.36 bits per heavy atom. The average Bonchev–Trinajstić information content (AvgIpc) is 2.19. The number of carbonyl (C=O) groups is 1. The molecule has 1 aromatic carbocycles. The van der Waals surface area contributed by atoms with Gasteiger partial charge in [0.15, 0.2) is 5.78 Å². The van der Waals surface area contributed by atoms with Crippen LogP contribution in [-0.2, 0) is 9.53 Å². The van der Waals surface area contributed by atoms with E-state index in [1.54, 1.807) is 7.11 Å². The van der Waals surface area contributed by atoms with E-state index in [-0.39, 0.29) is 18.3 Å². The van der Waals surface area contributed by atoms with Gasteiger partial charge in [-0.15, -0.1) is 0 Å². The Labute approximate surface area is 84.9 Å². The molecule has 0 bridgehead atoms. The lowest BCUT2D eigenvalue weighted by atomic mass is 9.96. The topological polar surface area (TPSA) is 26.3 Å². The Morgan fingerprint density at radius 3 is 2.57 bits per heavy atom. The molecule has 1 unspecified atom stereocenters. The van der Waals surface area contributed by atoms with E-state index in [9.17, 15) is 4.79 Å². The van der Waals surface area contributed by atoms with Crippen LogP contribution in [0.3, 0.4) is 0 Å². The van der Waals surface area contributed by atoms with Gasteiger partial charge in [0.1, 0.15) is 6.61 Å². The summed E-state index contributed by atoms with van der Waals surface area (Å²) in [5, 5.41) is 0. The second-order valence-electron chi connectivity index (χ2n) is 3.49. The van der Waals surface area contributed by atoms with Crippen LogP contribution in [0.4, 0.5) is 0 Å². The van der Waals surface area contributed by atoms with Gasteiger partial charge >= 0.3 is 0 Å². The van der Waals surface area contributed by atoms with Crippen molar-refractivity contribution in [1.82, 2.24) is 0 Å². The first-order valence-electron chi connectivity index (χ1n) is 4.79. The normalized spacial score (nSPS) is 12.4. The van der Waals surface area contributed by atoms with Gasteiger partial charge in [-0.3, -0.25) is 4.79 Å². The van der Waals surface area contributed by atoms with E-state index >= 15 is 0 Å². The Hall–Kier alpha value is -1.15. The van der Waals surface area contributed by atoms with Crippen molar-refractivity contribution in [2.24, 2.45) is 0 Å². The molecule has 76 valence electrons. The molecule has 1 rings (SSSR count). The van der Waals surface area contributed by atoms with E-state index in [0.717, 1.165) is 0 Å². The van der Waals surface area contributed by atoms with E-state index in [1.165, 1.54) is 5.56 Å². The fourth-order valence-corrected chi connectivity index (χ4v) is 1.46. The maximum atomic E-state index is 11.3. The number of Topliss-reactive ketones (excluding diaryl/α,β-unsaturated/α-hetero) is 1. The molecule has 1 atom stereocenters. The van der Waals surface area contributed by atoms with Crippen molar-refractivity contribution in [3.8, 4) is 0 Å². The van der Waals surface area contributed by atoms with Gasteiger partial charge in [-0.25, -0.2) is 0 Å². The highest BCUT2D eigenvalue weighted by molar-refractivity contribution is 5.80. The third kappa shape index (κ3) is 3.30. The smallest absolute Gasteiger partial charge is 0.159 e. The minimum absolute atomic E-state index is 0.156. The third-order valence-electron chi connectivity index (χ3n) is 2.21. The summed E-state index contributed by atoms with van der Waals surface area (Å²) in [6.45, 7) is 2.28. The van der Waals surface area contributed by atoms with Crippen molar-refractivity contribution >= 4 is 5.78 Å². The van der Waals surface area contributed by atoms with Gasteiger partial charge in [0.2, 0.25) is 0 Å². The number of hydrogen-bond acceptors (Lipinski definition) is 2. The van der Waals surface area contributed by atoms with Crippen molar-refractivity contribution in [1.29, 1.82) is 0 Å². The van der Waals surface area contributed by atoms with Crippen LogP contribution in [0.2, 0.25) is 0 Å². The number of hydrogen-bond donors (Lipinski definition) is 0. The largest absolute Gasteiger partial charge is 0.377 e. The summed E-state index contributed by atoms with van der Waals surface area (Å²) >= 11 is 0. The first kappa shape index (κ1) is 10.9. The number of rotatable bonds is 5. The SMILES string of the molecule is COCC(=O)CC(C)c1ccccc1. The maximum absolute atomic E-state index is 11.3. The Bertz CT molecular complexity index is 280. The van der Waals surface area contributed by atoms with Crippen LogP contribution in [0.1, 0.15) is 24.8 Å². The molecule has 1 aromatic rings. The summed E-state index contributed by atoms with van der Waals surface area (Å²) < 4.78 is 4.79. The van der Waals surface area contributed by atoms with Crippen LogP contribution in [0, 0.1) is 0 Å². The number of ether oxygens (including phenoxy) is 1. The van der Waals surface area contributed by atoms with Gasteiger partial charge in [-0.2, -0.15) is 0 Å². The fraction of sp³-hybridized carbons (Fsp3) is 0.417. The number of carbonyl (C=O) groups excluding carboxylic acids is 1. The molecule has 2 heteroatoms. The van der Waals surface area contributed by atoms with Crippen LogP contribution in [0.5, 0.6) is 0 Å². The van der Waals surface area contributed by atoms with Crippen LogP contribution in [-0.4, -0.2) is 19.5 Å². The number of ketones is 1. The van der Waals surface area contributed by atoms with Crippen LogP contribution < -0.4 is 0 Å². The highest BCUT2D eigenvalue weighted by atomic mass is 16.5. The lowest BCUT2D eigenvalue weighted by Crippen LogP contribution is -2.10. The fourth-order valence-electron chi connectivity index (χ4n) is 1.46. The minimum Gasteiger partial charge on any atom is -0.377 e. The molecular weight excluding hydrogens is 176 g/mol. The zero-order valence-electron chi connectivity index (χ0n) is 8.69. The van der Waals surface area contributed by atoms with E-state index in [1.807, 2.05) is 30.3 Å². The second-order valence-corrected chi connectivity index (χ2v) is 3.49. The molecule has 0 fully saturated rings. The lowest BCUT2D eigenvalue weighted by Gasteiger charge is -2.10. The molecule has 0 aliphatic heterocycles. The Morgan fingerprint density at radius 2 is 2.00 bits per heavy atom. The molecule has 0 aromatic heterocycles. The number of methoxy groups -OCH3 is 1. The summed E-state index contributed by atoms with van der Waals surface area (Å²) in [5.41, 5.74) is 1.21. The summed E-state index contributed by atoms with van der Waals surface area (Å²) in [6, 6.07) is 10.1. The molecule has 0 spiro atoms. The highest BCUT2D eigenvalue weighted by Gasteiger charge is 2.10. The highest BCUT2D eigenvalue weighted by Crippen LogP contribution is 2.18. The minimum atomic E-state index is 0.156. The molecule has 0 radical (unpaired) electrons. The molecule has 0 N–H and O–H groups in total. The molecule has 0 saturated carbocycles. The Balaban J connectivity index is 2.50. The van der Waals surface area contributed by atoms with E-state index in [0.29, 0.717) is 6.42 Å². The number of benzene rings is 1. The molecule has 0 heterocycles. The van der Waals surface area contributed by atoms with Crippen molar-refractivity contribution in [3.05, 3.63) is 35.9 Å². The first-order chi connectivity index (χ1) is 6.74. The van der Waals surface area contributed by atoms with Crippen molar-refractivity contribution in [3.63, 3.8) is 0 Å². The molecule has 0 amide bonds. The van der Waals surface area contributed by atoms with Gasteiger partial charge in [0.05, 0.1) is 0 Å². The van der Waals surface area contributed by atoms with Gasteiger partial charge < -0.3 is 4.74 Å². The van der Waals surface area contributed by atoms with Crippen molar-refractivity contribution in [2.75, 3.05) is 13.7 Å². The molecule has 0 saturated heterocycles. The summed E-state index contributed by atoms with van der Waals surface area (Å²) in [7, 11) is 1.55. The molecule has 0 aliphatic rings. The van der Waals surface area contributed by atoms with Crippen LogP contribution in [0.15, 0.2) is 30.3 Å². The van der Waals surface area contributed by atoms with Crippen LogP contribution in [0.25, 0.3) is 0 Å². The summed E-state index contributed by atoms with van der Waals surface area (Å²) in [5.74, 6) is 0.433. The zero-order chi connectivity index (χ0) is 10.4. The van der Waals surface area contributed by atoms with Gasteiger partial charge in [0.25, 0.3) is 0 Å². The Kier molecular flexibility index (Phi) is 4.33. The first-order valence-corrected chi connectivity index (χ1v) is 4.79. The summed E-state index contributed by atoms with van der Waals surface area (Å²) in [6.07, 6.45) is 0.553. The standard InChI is InChI=1S/C12H16O2/c1-10(8-12(13)9-14-2)11-6-4-3-5-7-11/h3-7,10H,8-9H2,1-2H3. The van der Waals surface area contributed by atoms with E-state index in [4.69, 9.17) is 4.74 Å². The molecule has 2 nitrogen and oxygen atoms in total. The van der Waals surface area contributed by atoms with E-state index in [2.05, 4.69) is 6.92 Å². The van der Waals surface area contributed by atoms with Crippen molar-refractivity contribution in [2.45, 2.75) is 19.3 Å². The molecule has 0 aliphatic carbocycles. The summed E-state index contributed by atoms with van der Waals surface area (Å²) in [4.78, 5) is 11.3. The van der Waals surface area contributed by atoms with Crippen molar-refractivity contribution < 1.29 is 9.53 Å². The van der Waals surface area contributed by atoms with Gasteiger partial charge in [-0.1, -0.05) is 37.3 Å². The predicted octanol–water partition coefficient (Wildman–Crippen LogP) is 2.40. The maximum Gasteiger partial charge on any atom is 0.159 e. The lowest BCUT2D eigenvalue weighted by molar-refractivity contribution is -0.122. The van der Waals surface area contributed by atoms with Gasteiger partial charge in [0, 0.05) is 13.5 Å². The average molecular weight is 192 g/mol. The molecule has 14 heavy (non-hydrogen) atoms. The molecular formula is C12H16O2. The quantitative estimate of drug-likeness (QED) is 0.716. The van der Waals surface area contributed by atoms with E-state index < -0.39 is 0 Å². The monoisotopic (exact) mass is 192 g/mol.